The molecule has 2 bridgehead atoms. The molecular formula is C19H21Cl2N3O. The van der Waals surface area contributed by atoms with E-state index >= 15 is 0 Å². The highest BCUT2D eigenvalue weighted by atomic mass is 35.5. The molecule has 2 aromatic rings. The number of likely N-dealkylation sites (N-methyl/N-ethyl adjacent to an activating group) is 1. The Kier molecular flexibility index (Phi) is 3.31. The van der Waals surface area contributed by atoms with Crippen LogP contribution in [0, 0.1) is 5.41 Å². The van der Waals surface area contributed by atoms with Gasteiger partial charge in [-0.15, -0.1) is 0 Å². The van der Waals surface area contributed by atoms with Gasteiger partial charge in [-0.2, -0.15) is 0 Å². The van der Waals surface area contributed by atoms with Gasteiger partial charge in [0.2, 0.25) is 5.91 Å². The topological polar surface area (TPSA) is 46.1 Å². The van der Waals surface area contributed by atoms with E-state index < -0.39 is 5.41 Å². The smallest absolute Gasteiger partial charge is 0.234 e. The number of hydrogen-bond donors (Lipinski definition) is 0. The van der Waals surface area contributed by atoms with Gasteiger partial charge in [-0.05, 0) is 30.4 Å². The molecule has 0 N–H and O–H groups in total. The summed E-state index contributed by atoms with van der Waals surface area (Å²) in [6, 6.07) is 3.50. The Bertz CT molecular complexity index is 940. The zero-order chi connectivity index (χ0) is 18.4. The van der Waals surface area contributed by atoms with Gasteiger partial charge in [0.05, 0.1) is 37.9 Å². The fourth-order valence-electron chi connectivity index (χ4n) is 4.95. The molecule has 1 heterocycles. The van der Waals surface area contributed by atoms with Crippen LogP contribution in [-0.2, 0) is 15.6 Å². The van der Waals surface area contributed by atoms with E-state index in [-0.39, 0.29) is 16.7 Å². The molecule has 6 heteroatoms. The summed E-state index contributed by atoms with van der Waals surface area (Å²) >= 11 is 12.3. The first-order chi connectivity index (χ1) is 11.6. The van der Waals surface area contributed by atoms with Crippen LogP contribution >= 0.6 is 23.2 Å². The van der Waals surface area contributed by atoms with Gasteiger partial charge in [0.15, 0.2) is 0 Å². The van der Waals surface area contributed by atoms with E-state index in [0.29, 0.717) is 15.6 Å². The first-order valence-corrected chi connectivity index (χ1v) is 9.21. The SMILES string of the molecule is CN(C)C(=O)C12CCC(C)(c3nc4cc(Cl)c(Cl)cc4nc31)C2(C)C. The summed E-state index contributed by atoms with van der Waals surface area (Å²) in [6.07, 6.45) is 1.72. The maximum Gasteiger partial charge on any atom is 0.234 e. The molecule has 1 amide bonds. The molecule has 25 heavy (non-hydrogen) atoms. The molecule has 4 rings (SSSR count). The van der Waals surface area contributed by atoms with Crippen LogP contribution in [0.1, 0.15) is 45.0 Å². The second-order valence-corrected chi connectivity index (χ2v) is 9.05. The number of rotatable bonds is 1. The molecule has 0 aliphatic heterocycles. The van der Waals surface area contributed by atoms with E-state index in [9.17, 15) is 4.79 Å². The first-order valence-electron chi connectivity index (χ1n) is 8.46. The average Bonchev–Trinajstić information content (AvgIpc) is 2.82. The molecule has 2 aliphatic rings. The molecule has 1 saturated carbocycles. The molecule has 4 nitrogen and oxygen atoms in total. The van der Waals surface area contributed by atoms with E-state index in [4.69, 9.17) is 33.2 Å². The fraction of sp³-hybridized carbons (Fsp3) is 0.526. The minimum atomic E-state index is -0.645. The lowest BCUT2D eigenvalue weighted by atomic mass is 9.63. The van der Waals surface area contributed by atoms with Gasteiger partial charge in [-0.3, -0.25) is 4.79 Å². The van der Waals surface area contributed by atoms with Crippen LogP contribution in [-0.4, -0.2) is 34.9 Å². The minimum absolute atomic E-state index is 0.105. The van der Waals surface area contributed by atoms with Crippen LogP contribution in [0.3, 0.4) is 0 Å². The predicted molar refractivity (Wildman–Crippen MR) is 100 cm³/mol. The standard InChI is InChI=1S/C19H21Cl2N3O/c1-17(2)18(3)6-7-19(17,16(25)24(4)5)15-14(18)22-12-8-10(20)11(21)9-13(12)23-15/h8-9H,6-7H2,1-5H3. The van der Waals surface area contributed by atoms with Crippen molar-refractivity contribution in [2.75, 3.05) is 14.1 Å². The van der Waals surface area contributed by atoms with E-state index in [0.717, 1.165) is 29.7 Å². The maximum atomic E-state index is 13.3. The number of nitrogens with zero attached hydrogens (tertiary/aromatic N) is 3. The number of benzene rings is 1. The molecule has 0 saturated heterocycles. The summed E-state index contributed by atoms with van der Waals surface area (Å²) in [6.45, 7) is 6.56. The third-order valence-corrected chi connectivity index (χ3v) is 7.57. The molecular weight excluding hydrogens is 357 g/mol. The van der Waals surface area contributed by atoms with Gasteiger partial charge in [0, 0.05) is 19.5 Å². The van der Waals surface area contributed by atoms with Crippen molar-refractivity contribution in [3.63, 3.8) is 0 Å². The molecule has 2 unspecified atom stereocenters. The number of hydrogen-bond acceptors (Lipinski definition) is 3. The summed E-state index contributed by atoms with van der Waals surface area (Å²) in [5.41, 5.74) is 2.06. The molecule has 132 valence electrons. The number of fused-ring (bicyclic) bond motifs is 6. The third kappa shape index (κ3) is 1.77. The van der Waals surface area contributed by atoms with Crippen molar-refractivity contribution in [2.24, 2.45) is 5.41 Å². The zero-order valence-corrected chi connectivity index (χ0v) is 16.6. The molecule has 0 spiro atoms. The van der Waals surface area contributed by atoms with Crippen LogP contribution in [0.5, 0.6) is 0 Å². The second kappa shape index (κ2) is 4.86. The van der Waals surface area contributed by atoms with Gasteiger partial charge in [-0.1, -0.05) is 44.0 Å². The monoisotopic (exact) mass is 377 g/mol. The molecule has 2 atom stereocenters. The van der Waals surface area contributed by atoms with Gasteiger partial charge < -0.3 is 4.90 Å². The highest BCUT2D eigenvalue weighted by Gasteiger charge is 2.73. The summed E-state index contributed by atoms with van der Waals surface area (Å²) in [4.78, 5) is 24.8. The molecule has 1 aromatic heterocycles. The molecule has 1 fully saturated rings. The third-order valence-electron chi connectivity index (χ3n) is 6.85. The Morgan fingerprint density at radius 2 is 1.52 bits per heavy atom. The van der Waals surface area contributed by atoms with Crippen LogP contribution in [0.15, 0.2) is 12.1 Å². The normalized spacial score (nSPS) is 29.1. The number of amides is 1. The lowest BCUT2D eigenvalue weighted by molar-refractivity contribution is -0.138. The van der Waals surface area contributed by atoms with E-state index in [1.54, 1.807) is 17.0 Å². The van der Waals surface area contributed by atoms with Gasteiger partial charge >= 0.3 is 0 Å². The van der Waals surface area contributed by atoms with E-state index in [1.165, 1.54) is 0 Å². The average molecular weight is 378 g/mol. The molecule has 2 aliphatic carbocycles. The number of carbonyl (C=O) groups excluding carboxylic acids is 1. The largest absolute Gasteiger partial charge is 0.348 e. The van der Waals surface area contributed by atoms with E-state index in [1.807, 2.05) is 14.1 Å². The van der Waals surface area contributed by atoms with Crippen LogP contribution in [0.4, 0.5) is 0 Å². The summed E-state index contributed by atoms with van der Waals surface area (Å²) in [7, 11) is 3.62. The summed E-state index contributed by atoms with van der Waals surface area (Å²) < 4.78 is 0. The number of carbonyl (C=O) groups is 1. The Morgan fingerprint density at radius 3 is 2.04 bits per heavy atom. The lowest BCUT2D eigenvalue weighted by Crippen LogP contribution is -2.50. The Balaban J connectivity index is 2.10. The number of halogens is 2. The van der Waals surface area contributed by atoms with Crippen molar-refractivity contribution < 1.29 is 4.79 Å². The second-order valence-electron chi connectivity index (χ2n) is 8.24. The zero-order valence-electron chi connectivity index (χ0n) is 15.1. The summed E-state index contributed by atoms with van der Waals surface area (Å²) in [5, 5.41) is 0.917. The Morgan fingerprint density at radius 1 is 1.00 bits per heavy atom. The van der Waals surface area contributed by atoms with E-state index in [2.05, 4.69) is 20.8 Å². The Labute approximate surface area is 157 Å². The van der Waals surface area contributed by atoms with Crippen molar-refractivity contribution in [1.29, 1.82) is 0 Å². The lowest BCUT2D eigenvalue weighted by Gasteiger charge is -2.40. The van der Waals surface area contributed by atoms with Crippen molar-refractivity contribution >= 4 is 40.1 Å². The van der Waals surface area contributed by atoms with Gasteiger partial charge in [-0.25, -0.2) is 9.97 Å². The van der Waals surface area contributed by atoms with Crippen molar-refractivity contribution in [2.45, 2.75) is 44.4 Å². The predicted octanol–water partition coefficient (Wildman–Crippen LogP) is 4.35. The van der Waals surface area contributed by atoms with Crippen LogP contribution in [0.2, 0.25) is 10.0 Å². The van der Waals surface area contributed by atoms with Crippen molar-refractivity contribution in [3.8, 4) is 0 Å². The maximum absolute atomic E-state index is 13.3. The minimum Gasteiger partial charge on any atom is -0.348 e. The van der Waals surface area contributed by atoms with Gasteiger partial charge in [0.1, 0.15) is 0 Å². The fourth-order valence-corrected chi connectivity index (χ4v) is 5.27. The first kappa shape index (κ1) is 17.0. The highest BCUT2D eigenvalue weighted by Crippen LogP contribution is 2.70. The van der Waals surface area contributed by atoms with Crippen LogP contribution < -0.4 is 0 Å². The summed E-state index contributed by atoms with van der Waals surface area (Å²) in [5.74, 6) is 0.105. The quantitative estimate of drug-likeness (QED) is 0.741. The van der Waals surface area contributed by atoms with Crippen molar-refractivity contribution in [3.05, 3.63) is 33.6 Å². The van der Waals surface area contributed by atoms with Gasteiger partial charge in [0.25, 0.3) is 0 Å². The van der Waals surface area contributed by atoms with Crippen molar-refractivity contribution in [1.82, 2.24) is 14.9 Å². The van der Waals surface area contributed by atoms with Crippen LogP contribution in [0.25, 0.3) is 11.0 Å². The molecule has 1 aromatic carbocycles. The number of aromatic nitrogens is 2. The highest BCUT2D eigenvalue weighted by molar-refractivity contribution is 6.42. The Hall–Kier alpha value is -1.39. The molecule has 0 radical (unpaired) electrons.